The Morgan fingerprint density at radius 2 is 2.23 bits per heavy atom. The molecule has 2 N–H and O–H groups in total. The number of fused-ring (bicyclic) bond motifs is 1. The molecule has 26 heavy (non-hydrogen) atoms. The number of amides is 1. The maximum Gasteiger partial charge on any atom is 0.404 e. The maximum absolute atomic E-state index is 12.4. The monoisotopic (exact) mass is 380 g/mol. The van der Waals surface area contributed by atoms with Crippen LogP contribution in [0.3, 0.4) is 0 Å². The summed E-state index contributed by atoms with van der Waals surface area (Å²) in [6, 6.07) is 5.36. The van der Waals surface area contributed by atoms with Gasteiger partial charge in [-0.2, -0.15) is 0 Å². The Bertz CT molecular complexity index is 918. The number of hydrogen-bond acceptors (Lipinski definition) is 7. The van der Waals surface area contributed by atoms with Gasteiger partial charge in [-0.15, -0.1) is 0 Å². The number of rotatable bonds is 6. The second-order valence-corrected chi connectivity index (χ2v) is 8.41. The van der Waals surface area contributed by atoms with E-state index in [9.17, 15) is 13.2 Å². The van der Waals surface area contributed by atoms with E-state index in [4.69, 9.17) is 9.84 Å². The molecular formula is C16H20N4O5S. The molecule has 0 spiro atoms. The van der Waals surface area contributed by atoms with Gasteiger partial charge in [0.15, 0.2) is 9.84 Å². The van der Waals surface area contributed by atoms with E-state index in [0.717, 1.165) is 5.69 Å². The lowest BCUT2D eigenvalue weighted by Crippen LogP contribution is -2.34. The van der Waals surface area contributed by atoms with Gasteiger partial charge in [0, 0.05) is 31.9 Å². The standard InChI is InChI=1S/C16H20N4O5S/c1-25-14-3-2-12-15(19-14)13(4-6-17-12)20-8-5-11(10-20)26(23,24)9-7-18-16(21)22/h2-4,6,11,18H,5,7-10H2,1H3,(H,21,22). The Kier molecular flexibility index (Phi) is 5.12. The molecule has 1 saturated heterocycles. The molecule has 3 heterocycles. The Hall–Kier alpha value is -2.62. The van der Waals surface area contributed by atoms with Gasteiger partial charge in [-0.3, -0.25) is 4.98 Å². The molecule has 2 aromatic heterocycles. The molecule has 1 unspecified atom stereocenters. The number of sulfone groups is 1. The van der Waals surface area contributed by atoms with Crippen molar-refractivity contribution in [2.75, 3.05) is 37.4 Å². The Labute approximate surface area is 150 Å². The third-order valence-corrected chi connectivity index (χ3v) is 6.58. The van der Waals surface area contributed by atoms with Gasteiger partial charge in [0.05, 0.1) is 29.3 Å². The number of carboxylic acid groups (broad SMARTS) is 1. The van der Waals surface area contributed by atoms with Crippen LogP contribution in [0.25, 0.3) is 11.0 Å². The summed E-state index contributed by atoms with van der Waals surface area (Å²) in [4.78, 5) is 21.2. The average Bonchev–Trinajstić information content (AvgIpc) is 3.11. The lowest BCUT2D eigenvalue weighted by Gasteiger charge is -2.20. The summed E-state index contributed by atoms with van der Waals surface area (Å²) in [7, 11) is -1.86. The molecule has 0 radical (unpaired) electrons. The first-order valence-corrected chi connectivity index (χ1v) is 9.85. The molecule has 0 aliphatic carbocycles. The van der Waals surface area contributed by atoms with Gasteiger partial charge in [0.2, 0.25) is 5.88 Å². The summed E-state index contributed by atoms with van der Waals surface area (Å²) < 4.78 is 30.1. The van der Waals surface area contributed by atoms with Crippen LogP contribution in [-0.2, 0) is 9.84 Å². The molecule has 1 atom stereocenters. The third kappa shape index (κ3) is 3.79. The van der Waals surface area contributed by atoms with Gasteiger partial charge in [0.25, 0.3) is 0 Å². The van der Waals surface area contributed by atoms with Crippen LogP contribution in [0.5, 0.6) is 5.88 Å². The number of carbonyl (C=O) groups is 1. The fourth-order valence-corrected chi connectivity index (χ4v) is 4.66. The van der Waals surface area contributed by atoms with Gasteiger partial charge in [-0.05, 0) is 18.6 Å². The molecule has 0 aromatic carbocycles. The first kappa shape index (κ1) is 18.2. The van der Waals surface area contributed by atoms with Crippen molar-refractivity contribution in [3.8, 4) is 5.88 Å². The van der Waals surface area contributed by atoms with E-state index in [1.165, 1.54) is 7.11 Å². The van der Waals surface area contributed by atoms with Crippen LogP contribution >= 0.6 is 0 Å². The number of hydrogen-bond donors (Lipinski definition) is 2. The van der Waals surface area contributed by atoms with Gasteiger partial charge < -0.3 is 20.1 Å². The zero-order valence-corrected chi connectivity index (χ0v) is 15.1. The lowest BCUT2D eigenvalue weighted by molar-refractivity contribution is 0.195. The number of nitrogens with one attached hydrogen (secondary N) is 1. The van der Waals surface area contributed by atoms with Crippen LogP contribution < -0.4 is 15.0 Å². The highest BCUT2D eigenvalue weighted by Gasteiger charge is 2.33. The second-order valence-electron chi connectivity index (χ2n) is 6.01. The highest BCUT2D eigenvalue weighted by Crippen LogP contribution is 2.30. The summed E-state index contributed by atoms with van der Waals surface area (Å²) in [5.74, 6) is 0.260. The highest BCUT2D eigenvalue weighted by atomic mass is 32.2. The summed E-state index contributed by atoms with van der Waals surface area (Å²) >= 11 is 0. The lowest BCUT2D eigenvalue weighted by atomic mass is 10.2. The molecule has 140 valence electrons. The summed E-state index contributed by atoms with van der Waals surface area (Å²) in [5.41, 5.74) is 2.19. The molecule has 1 fully saturated rings. The topological polar surface area (TPSA) is 122 Å². The van der Waals surface area contributed by atoms with Gasteiger partial charge >= 0.3 is 6.09 Å². The Balaban J connectivity index is 1.78. The van der Waals surface area contributed by atoms with E-state index in [2.05, 4.69) is 15.3 Å². The number of aromatic nitrogens is 2. The highest BCUT2D eigenvalue weighted by molar-refractivity contribution is 7.92. The first-order chi connectivity index (χ1) is 12.4. The largest absolute Gasteiger partial charge is 0.481 e. The van der Waals surface area contributed by atoms with Crippen molar-refractivity contribution in [2.24, 2.45) is 0 Å². The Morgan fingerprint density at radius 1 is 1.42 bits per heavy atom. The van der Waals surface area contributed by atoms with Crippen molar-refractivity contribution < 1.29 is 23.1 Å². The number of methoxy groups -OCH3 is 1. The van der Waals surface area contributed by atoms with Crippen molar-refractivity contribution >= 4 is 32.7 Å². The number of anilines is 1. The van der Waals surface area contributed by atoms with Crippen LogP contribution in [0.15, 0.2) is 24.4 Å². The SMILES string of the molecule is COc1ccc2nccc(N3CCC(S(=O)(=O)CCNC(=O)O)C3)c2n1. The fourth-order valence-electron chi connectivity index (χ4n) is 3.07. The van der Waals surface area contributed by atoms with E-state index in [1.807, 2.05) is 17.0 Å². The minimum Gasteiger partial charge on any atom is -0.481 e. The molecule has 2 aromatic rings. The number of pyridine rings is 2. The smallest absolute Gasteiger partial charge is 0.404 e. The second kappa shape index (κ2) is 7.32. The van der Waals surface area contributed by atoms with Crippen LogP contribution in [0.2, 0.25) is 0 Å². The normalized spacial score (nSPS) is 17.4. The van der Waals surface area contributed by atoms with Crippen LogP contribution in [0.1, 0.15) is 6.42 Å². The van der Waals surface area contributed by atoms with Crippen molar-refractivity contribution in [1.29, 1.82) is 0 Å². The zero-order valence-electron chi connectivity index (χ0n) is 14.3. The molecule has 3 rings (SSSR count). The minimum atomic E-state index is -3.39. The first-order valence-electron chi connectivity index (χ1n) is 8.14. The predicted octanol–water partition coefficient (Wildman–Crippen LogP) is 0.900. The number of nitrogens with zero attached hydrogens (tertiary/aromatic N) is 3. The van der Waals surface area contributed by atoms with E-state index in [1.54, 1.807) is 12.3 Å². The van der Waals surface area contributed by atoms with Crippen LogP contribution in [-0.4, -0.2) is 67.3 Å². The van der Waals surface area contributed by atoms with E-state index >= 15 is 0 Å². The predicted molar refractivity (Wildman–Crippen MR) is 96.5 cm³/mol. The van der Waals surface area contributed by atoms with Crippen molar-refractivity contribution in [2.45, 2.75) is 11.7 Å². The molecule has 1 amide bonds. The van der Waals surface area contributed by atoms with E-state index in [-0.39, 0.29) is 12.3 Å². The molecule has 9 nitrogen and oxygen atoms in total. The molecular weight excluding hydrogens is 360 g/mol. The number of ether oxygens (including phenoxy) is 1. The van der Waals surface area contributed by atoms with Crippen molar-refractivity contribution in [3.63, 3.8) is 0 Å². The Morgan fingerprint density at radius 3 is 2.96 bits per heavy atom. The van der Waals surface area contributed by atoms with Gasteiger partial charge in [0.1, 0.15) is 5.52 Å². The van der Waals surface area contributed by atoms with Gasteiger partial charge in [-0.1, -0.05) is 0 Å². The van der Waals surface area contributed by atoms with Crippen LogP contribution in [0.4, 0.5) is 10.5 Å². The average molecular weight is 380 g/mol. The molecule has 10 heteroatoms. The summed E-state index contributed by atoms with van der Waals surface area (Å²) in [5, 5.41) is 10.1. The fraction of sp³-hybridized carbons (Fsp3) is 0.438. The van der Waals surface area contributed by atoms with Crippen molar-refractivity contribution in [1.82, 2.24) is 15.3 Å². The van der Waals surface area contributed by atoms with E-state index in [0.29, 0.717) is 36.4 Å². The minimum absolute atomic E-state index is 0.106. The van der Waals surface area contributed by atoms with Crippen molar-refractivity contribution in [3.05, 3.63) is 24.4 Å². The molecule has 0 bridgehead atoms. The zero-order chi connectivity index (χ0) is 18.7. The van der Waals surface area contributed by atoms with E-state index < -0.39 is 21.2 Å². The summed E-state index contributed by atoms with van der Waals surface area (Å²) in [6.07, 6.45) is 0.935. The molecule has 0 saturated carbocycles. The summed E-state index contributed by atoms with van der Waals surface area (Å²) in [6.45, 7) is 0.812. The quantitative estimate of drug-likeness (QED) is 0.758. The molecule has 1 aliphatic rings. The van der Waals surface area contributed by atoms with Gasteiger partial charge in [-0.25, -0.2) is 18.2 Å². The molecule has 1 aliphatic heterocycles. The third-order valence-electron chi connectivity index (χ3n) is 4.40. The maximum atomic E-state index is 12.4. The van der Waals surface area contributed by atoms with Crippen LogP contribution in [0, 0.1) is 0 Å².